The van der Waals surface area contributed by atoms with Gasteiger partial charge in [-0.1, -0.05) is 48.0 Å². The number of rotatable bonds is 5. The molecule has 1 amide bonds. The summed E-state index contributed by atoms with van der Waals surface area (Å²) in [6.07, 6.45) is 0. The molecule has 162 valence electrons. The first-order chi connectivity index (χ1) is 15.5. The number of hydrogen-bond acceptors (Lipinski definition) is 4. The molecule has 5 rings (SSSR count). The summed E-state index contributed by atoms with van der Waals surface area (Å²) in [7, 11) is -0.992. The summed E-state index contributed by atoms with van der Waals surface area (Å²) in [4.78, 5) is 12.8. The molecule has 4 aromatic rings. The van der Waals surface area contributed by atoms with Crippen molar-refractivity contribution in [2.45, 2.75) is 25.4 Å². The summed E-state index contributed by atoms with van der Waals surface area (Å²) >= 11 is 0. The number of nitrogens with zero attached hydrogens (tertiary/aromatic N) is 2. The number of ether oxygens (including phenoxy) is 1. The van der Waals surface area contributed by atoms with Crippen LogP contribution in [0.25, 0.3) is 16.5 Å². The van der Waals surface area contributed by atoms with Crippen molar-refractivity contribution in [2.24, 2.45) is 0 Å². The van der Waals surface area contributed by atoms with Gasteiger partial charge in [-0.15, -0.1) is 0 Å². The smallest absolute Gasteiger partial charge is 0.263 e. The van der Waals surface area contributed by atoms with Gasteiger partial charge in [0.15, 0.2) is 6.61 Å². The molecule has 3 aromatic carbocycles. The van der Waals surface area contributed by atoms with E-state index in [2.05, 4.69) is 16.5 Å². The summed E-state index contributed by atoms with van der Waals surface area (Å²) in [5.74, 6) is 1.72. The monoisotopic (exact) mass is 445 g/mol. The van der Waals surface area contributed by atoms with Gasteiger partial charge in [-0.2, -0.15) is 5.10 Å². The lowest BCUT2D eigenvalue weighted by Crippen LogP contribution is -2.23. The Balaban J connectivity index is 1.39. The molecule has 0 spiro atoms. The van der Waals surface area contributed by atoms with Gasteiger partial charge in [0.05, 0.1) is 22.9 Å². The lowest BCUT2D eigenvalue weighted by Gasteiger charge is -2.14. The van der Waals surface area contributed by atoms with E-state index in [0.717, 1.165) is 38.8 Å². The van der Waals surface area contributed by atoms with Gasteiger partial charge in [0.1, 0.15) is 11.6 Å². The van der Waals surface area contributed by atoms with Crippen LogP contribution in [0.2, 0.25) is 0 Å². The van der Waals surface area contributed by atoms with Crippen LogP contribution in [0, 0.1) is 13.8 Å². The van der Waals surface area contributed by atoms with Crippen molar-refractivity contribution in [3.8, 4) is 11.4 Å². The molecule has 1 aromatic heterocycles. The molecular formula is C25H23N3O3S. The Kier molecular flexibility index (Phi) is 5.27. The minimum absolute atomic E-state index is 0.131. The van der Waals surface area contributed by atoms with Gasteiger partial charge in [0.2, 0.25) is 0 Å². The van der Waals surface area contributed by atoms with E-state index in [-0.39, 0.29) is 12.5 Å². The molecule has 1 N–H and O–H groups in total. The first kappa shape index (κ1) is 20.5. The third-order valence-electron chi connectivity index (χ3n) is 5.60. The molecule has 0 saturated heterocycles. The van der Waals surface area contributed by atoms with Gasteiger partial charge in [-0.3, -0.25) is 9.00 Å². The lowest BCUT2D eigenvalue weighted by molar-refractivity contribution is -0.118. The predicted molar refractivity (Wildman–Crippen MR) is 127 cm³/mol. The number of nitrogens with one attached hydrogen (secondary N) is 1. The third kappa shape index (κ3) is 3.91. The first-order valence-electron chi connectivity index (χ1n) is 10.4. The average Bonchev–Trinajstić information content (AvgIpc) is 3.29. The number of carbonyl (C=O) groups is 1. The maximum atomic E-state index is 12.8. The largest absolute Gasteiger partial charge is 0.484 e. The first-order valence-corrected chi connectivity index (χ1v) is 11.9. The summed E-state index contributed by atoms with van der Waals surface area (Å²) in [5, 5.41) is 9.81. The highest BCUT2D eigenvalue weighted by molar-refractivity contribution is 7.83. The number of aromatic nitrogens is 2. The van der Waals surface area contributed by atoms with E-state index in [4.69, 9.17) is 4.74 Å². The molecule has 1 aliphatic heterocycles. The van der Waals surface area contributed by atoms with E-state index in [1.807, 2.05) is 68.4 Å². The molecule has 6 nitrogen and oxygen atoms in total. The fourth-order valence-corrected chi connectivity index (χ4v) is 5.31. The van der Waals surface area contributed by atoms with E-state index in [9.17, 15) is 9.00 Å². The van der Waals surface area contributed by atoms with Crippen LogP contribution in [0.3, 0.4) is 0 Å². The van der Waals surface area contributed by atoms with Gasteiger partial charge >= 0.3 is 0 Å². The molecular weight excluding hydrogens is 422 g/mol. The molecule has 32 heavy (non-hydrogen) atoms. The number of aryl methyl sites for hydroxylation is 2. The molecule has 7 heteroatoms. The van der Waals surface area contributed by atoms with Gasteiger partial charge in [-0.25, -0.2) is 4.68 Å². The van der Waals surface area contributed by atoms with Crippen LogP contribution >= 0.6 is 0 Å². The molecule has 1 unspecified atom stereocenters. The molecule has 0 bridgehead atoms. The fraction of sp³-hybridized carbons (Fsp3) is 0.200. The molecule has 0 fully saturated rings. The molecule has 1 aliphatic rings. The topological polar surface area (TPSA) is 73.2 Å². The van der Waals surface area contributed by atoms with Crippen LogP contribution in [-0.2, 0) is 27.1 Å². The Morgan fingerprint density at radius 2 is 1.88 bits per heavy atom. The van der Waals surface area contributed by atoms with Crippen LogP contribution in [-0.4, -0.2) is 26.5 Å². The minimum Gasteiger partial charge on any atom is -0.484 e. The van der Waals surface area contributed by atoms with Gasteiger partial charge in [0.25, 0.3) is 5.91 Å². The van der Waals surface area contributed by atoms with E-state index >= 15 is 0 Å². The summed E-state index contributed by atoms with van der Waals surface area (Å²) in [6, 6.07) is 19.8. The standard InChI is InChI=1S/C25H23N3O3S/c1-16-7-10-23(17(2)11-16)28-25(21-14-32(30)15-22(21)27-28)26-24(29)13-31-20-9-8-18-5-3-4-6-19(18)12-20/h3-12H,13-15H2,1-2H3,(H,26,29). The van der Waals surface area contributed by atoms with Crippen LogP contribution in [0.1, 0.15) is 22.4 Å². The second kappa shape index (κ2) is 8.24. The highest BCUT2D eigenvalue weighted by atomic mass is 32.2. The van der Waals surface area contributed by atoms with Crippen molar-refractivity contribution >= 4 is 33.3 Å². The van der Waals surface area contributed by atoms with E-state index < -0.39 is 10.8 Å². The molecule has 0 radical (unpaired) electrons. The molecule has 0 aliphatic carbocycles. The average molecular weight is 446 g/mol. The Morgan fingerprint density at radius 3 is 2.69 bits per heavy atom. The van der Waals surface area contributed by atoms with Gasteiger partial charge < -0.3 is 10.1 Å². The SMILES string of the molecule is Cc1ccc(-n2nc3c(c2NC(=O)COc2ccc4ccccc4c2)CS(=O)C3)c(C)c1. The maximum absolute atomic E-state index is 12.8. The maximum Gasteiger partial charge on any atom is 0.263 e. The van der Waals surface area contributed by atoms with Crippen molar-refractivity contribution in [2.75, 3.05) is 11.9 Å². The molecule has 2 heterocycles. The zero-order valence-corrected chi connectivity index (χ0v) is 18.7. The Labute approximate surface area is 188 Å². The highest BCUT2D eigenvalue weighted by Gasteiger charge is 2.28. The third-order valence-corrected chi connectivity index (χ3v) is 6.80. The summed E-state index contributed by atoms with van der Waals surface area (Å²) in [5.41, 5.74) is 4.70. The van der Waals surface area contributed by atoms with Crippen molar-refractivity contribution < 1.29 is 13.7 Å². The number of carbonyl (C=O) groups excluding carboxylic acids is 1. The van der Waals surface area contributed by atoms with Crippen molar-refractivity contribution in [1.29, 1.82) is 0 Å². The summed E-state index contributed by atoms with van der Waals surface area (Å²) in [6.45, 7) is 3.92. The van der Waals surface area contributed by atoms with Crippen LogP contribution in [0.5, 0.6) is 5.75 Å². The van der Waals surface area contributed by atoms with E-state index in [0.29, 0.717) is 23.1 Å². The number of hydrogen-bond donors (Lipinski definition) is 1. The van der Waals surface area contributed by atoms with Gasteiger partial charge in [-0.05, 0) is 48.4 Å². The zero-order valence-electron chi connectivity index (χ0n) is 17.9. The second-order valence-corrected chi connectivity index (χ2v) is 9.51. The number of anilines is 1. The van der Waals surface area contributed by atoms with Crippen LogP contribution < -0.4 is 10.1 Å². The minimum atomic E-state index is -0.992. The fourth-order valence-electron chi connectivity index (χ4n) is 4.05. The van der Waals surface area contributed by atoms with Crippen molar-refractivity contribution in [1.82, 2.24) is 9.78 Å². The van der Waals surface area contributed by atoms with Crippen LogP contribution in [0.4, 0.5) is 5.82 Å². The molecule has 0 saturated carbocycles. The van der Waals surface area contributed by atoms with Crippen molar-refractivity contribution in [3.05, 3.63) is 83.0 Å². The van der Waals surface area contributed by atoms with Crippen LogP contribution in [0.15, 0.2) is 60.7 Å². The Hall–Kier alpha value is -3.45. The zero-order chi connectivity index (χ0) is 22.2. The molecule has 1 atom stereocenters. The Morgan fingerprint density at radius 1 is 1.06 bits per heavy atom. The predicted octanol–water partition coefficient (Wildman–Crippen LogP) is 4.42. The quantitative estimate of drug-likeness (QED) is 0.494. The summed E-state index contributed by atoms with van der Waals surface area (Å²) < 4.78 is 19.6. The number of fused-ring (bicyclic) bond motifs is 2. The highest BCUT2D eigenvalue weighted by Crippen LogP contribution is 2.32. The number of amides is 1. The lowest BCUT2D eigenvalue weighted by atomic mass is 10.1. The second-order valence-electron chi connectivity index (χ2n) is 8.05. The number of benzene rings is 3. The normalized spacial score (nSPS) is 15.0. The van der Waals surface area contributed by atoms with Gasteiger partial charge in [0, 0.05) is 16.4 Å². The Bertz CT molecular complexity index is 1380. The van der Waals surface area contributed by atoms with E-state index in [1.54, 1.807) is 4.68 Å². The van der Waals surface area contributed by atoms with Crippen molar-refractivity contribution in [3.63, 3.8) is 0 Å². The van der Waals surface area contributed by atoms with E-state index in [1.165, 1.54) is 0 Å².